The highest BCUT2D eigenvalue weighted by atomic mass is 19.3. The van der Waals surface area contributed by atoms with Crippen LogP contribution >= 0.6 is 0 Å². The number of nitrogens with zero attached hydrogens (tertiary/aromatic N) is 2. The van der Waals surface area contributed by atoms with Crippen molar-refractivity contribution in [2.45, 2.75) is 78.2 Å². The number of ether oxygens (including phenoxy) is 1. The smallest absolute Gasteiger partial charge is 0.326 e. The number of carbonyl (C=O) groups is 2. The molecule has 0 aromatic carbocycles. The third-order valence-electron chi connectivity index (χ3n) is 5.96. The summed E-state index contributed by atoms with van der Waals surface area (Å²) < 4.78 is 29.8. The van der Waals surface area contributed by atoms with Gasteiger partial charge in [-0.05, 0) is 62.1 Å². The first-order valence-corrected chi connectivity index (χ1v) is 12.9. The molecule has 0 saturated heterocycles. The van der Waals surface area contributed by atoms with E-state index in [0.29, 0.717) is 19.6 Å². The summed E-state index contributed by atoms with van der Waals surface area (Å²) in [4.78, 5) is 30.7. The topological polar surface area (TPSA) is 104 Å². The molecular weight excluding hydrogens is 470 g/mol. The Labute approximate surface area is 213 Å². The highest BCUT2D eigenvalue weighted by Crippen LogP contribution is 2.20. The van der Waals surface area contributed by atoms with Gasteiger partial charge < -0.3 is 25.4 Å². The van der Waals surface area contributed by atoms with E-state index in [1.165, 1.54) is 5.56 Å². The number of carbonyl (C=O) groups excluding carboxylic acids is 1. The summed E-state index contributed by atoms with van der Waals surface area (Å²) >= 11 is 0. The Morgan fingerprint density at radius 2 is 2.00 bits per heavy atom. The highest BCUT2D eigenvalue weighted by molar-refractivity contribution is 5.83. The molecule has 0 fully saturated rings. The van der Waals surface area contributed by atoms with E-state index in [1.54, 1.807) is 0 Å². The van der Waals surface area contributed by atoms with Crippen molar-refractivity contribution < 1.29 is 28.2 Å². The van der Waals surface area contributed by atoms with Crippen molar-refractivity contribution in [3.8, 4) is 0 Å². The molecule has 1 atom stereocenters. The molecule has 1 unspecified atom stereocenters. The molecule has 1 aliphatic rings. The third-order valence-corrected chi connectivity index (χ3v) is 5.96. The number of aromatic nitrogens is 1. The number of carboxylic acids is 1. The fraction of sp³-hybridized carbons (Fsp3) is 0.731. The Balaban J connectivity index is 1.85. The molecule has 2 rings (SSSR count). The quantitative estimate of drug-likeness (QED) is 0.290. The van der Waals surface area contributed by atoms with E-state index in [2.05, 4.69) is 22.8 Å². The number of hydrogen-bond acceptors (Lipinski definition) is 6. The molecule has 0 radical (unpaired) electrons. The summed E-state index contributed by atoms with van der Waals surface area (Å²) in [5.41, 5.74) is 2.04. The molecule has 8 nitrogen and oxygen atoms in total. The normalized spacial score (nSPS) is 14.4. The molecular formula is C26H42F2N4O4. The monoisotopic (exact) mass is 512 g/mol. The van der Waals surface area contributed by atoms with Crippen LogP contribution in [0.1, 0.15) is 64.1 Å². The Bertz CT molecular complexity index is 833. The highest BCUT2D eigenvalue weighted by Gasteiger charge is 2.24. The second-order valence-electron chi connectivity index (χ2n) is 10.6. The first-order valence-electron chi connectivity index (χ1n) is 12.9. The summed E-state index contributed by atoms with van der Waals surface area (Å²) in [5, 5.41) is 15.5. The van der Waals surface area contributed by atoms with Crippen molar-refractivity contribution in [3.05, 3.63) is 23.4 Å². The zero-order valence-corrected chi connectivity index (χ0v) is 21.8. The molecule has 1 amide bonds. The number of nitrogens with one attached hydrogen (secondary N) is 2. The van der Waals surface area contributed by atoms with E-state index in [0.717, 1.165) is 50.2 Å². The number of anilines is 1. The minimum absolute atomic E-state index is 0.135. The molecule has 2 heterocycles. The van der Waals surface area contributed by atoms with E-state index < -0.39 is 25.0 Å². The number of fused-ring (bicyclic) bond motifs is 1. The number of unbranched alkanes of at least 4 members (excludes halogenated alkanes) is 1. The molecule has 0 saturated carbocycles. The van der Waals surface area contributed by atoms with Crippen LogP contribution in [0.3, 0.4) is 0 Å². The van der Waals surface area contributed by atoms with Gasteiger partial charge in [0.05, 0.1) is 6.61 Å². The number of halogens is 2. The lowest BCUT2D eigenvalue weighted by molar-refractivity contribution is -0.142. The van der Waals surface area contributed by atoms with Crippen LogP contribution in [0.4, 0.5) is 14.6 Å². The van der Waals surface area contributed by atoms with Gasteiger partial charge in [-0.15, -0.1) is 0 Å². The van der Waals surface area contributed by atoms with Crippen LogP contribution in [0, 0.1) is 5.41 Å². The predicted molar refractivity (Wildman–Crippen MR) is 136 cm³/mol. The first kappa shape index (κ1) is 29.9. The lowest BCUT2D eigenvalue weighted by Crippen LogP contribution is -2.44. The minimum Gasteiger partial charge on any atom is -0.480 e. The standard InChI is InChI=1S/C26H42F2N4O4/c1-26(2,3)17-23(33)31-21(25(34)35)11-14-32(15-16-36-18-22(27)28)13-5-4-8-20-10-9-19-7-6-12-29-24(19)30-20/h9-10,21-22H,4-8,11-18H2,1-3H3,(H,29,30)(H,31,33)(H,34,35). The van der Waals surface area contributed by atoms with Gasteiger partial charge in [-0.25, -0.2) is 18.6 Å². The zero-order valence-electron chi connectivity index (χ0n) is 21.8. The van der Waals surface area contributed by atoms with Gasteiger partial charge in [0.15, 0.2) is 0 Å². The van der Waals surface area contributed by atoms with Crippen LogP contribution in [-0.2, 0) is 27.2 Å². The molecule has 0 aliphatic carbocycles. The molecule has 36 heavy (non-hydrogen) atoms. The zero-order chi connectivity index (χ0) is 26.6. The Hall–Kier alpha value is -2.33. The van der Waals surface area contributed by atoms with Crippen LogP contribution in [0.5, 0.6) is 0 Å². The van der Waals surface area contributed by atoms with E-state index in [1.807, 2.05) is 25.7 Å². The van der Waals surface area contributed by atoms with E-state index in [-0.39, 0.29) is 30.8 Å². The number of aliphatic carboxylic acids is 1. The minimum atomic E-state index is -2.52. The third kappa shape index (κ3) is 12.1. The largest absolute Gasteiger partial charge is 0.480 e. The van der Waals surface area contributed by atoms with Crippen molar-refractivity contribution in [2.24, 2.45) is 5.41 Å². The van der Waals surface area contributed by atoms with E-state index in [9.17, 15) is 23.5 Å². The van der Waals surface area contributed by atoms with Gasteiger partial charge >= 0.3 is 5.97 Å². The number of rotatable bonds is 16. The van der Waals surface area contributed by atoms with Crippen molar-refractivity contribution in [1.29, 1.82) is 0 Å². The first-order chi connectivity index (χ1) is 17.0. The molecule has 0 spiro atoms. The molecule has 10 heteroatoms. The number of alkyl halides is 2. The van der Waals surface area contributed by atoms with Gasteiger partial charge in [-0.2, -0.15) is 0 Å². The van der Waals surface area contributed by atoms with Crippen LogP contribution in [0.2, 0.25) is 0 Å². The number of pyridine rings is 1. The second kappa shape index (κ2) is 15.0. The van der Waals surface area contributed by atoms with Crippen molar-refractivity contribution in [2.75, 3.05) is 44.7 Å². The maximum atomic E-state index is 12.4. The summed E-state index contributed by atoms with van der Waals surface area (Å²) in [6.45, 7) is 7.70. The van der Waals surface area contributed by atoms with Gasteiger partial charge in [-0.1, -0.05) is 26.8 Å². The van der Waals surface area contributed by atoms with Gasteiger partial charge in [0, 0.05) is 31.7 Å². The van der Waals surface area contributed by atoms with Gasteiger partial charge in [0.25, 0.3) is 6.43 Å². The van der Waals surface area contributed by atoms with E-state index >= 15 is 0 Å². The summed E-state index contributed by atoms with van der Waals surface area (Å²) in [5.74, 6) is -0.406. The fourth-order valence-corrected chi connectivity index (χ4v) is 4.15. The van der Waals surface area contributed by atoms with Crippen LogP contribution in [-0.4, -0.2) is 78.7 Å². The lowest BCUT2D eigenvalue weighted by atomic mass is 9.92. The number of carboxylic acid groups (broad SMARTS) is 1. The SMILES string of the molecule is CC(C)(C)CC(=O)NC(CCN(CCCCc1ccc2c(n1)NCCC2)CCOCC(F)F)C(=O)O. The summed E-state index contributed by atoms with van der Waals surface area (Å²) in [6.07, 6.45) is 2.66. The number of hydrogen-bond donors (Lipinski definition) is 3. The Morgan fingerprint density at radius 3 is 2.69 bits per heavy atom. The van der Waals surface area contributed by atoms with Crippen LogP contribution in [0.15, 0.2) is 12.1 Å². The molecule has 1 aromatic heterocycles. The lowest BCUT2D eigenvalue weighted by Gasteiger charge is -2.25. The van der Waals surface area contributed by atoms with Crippen LogP contribution in [0.25, 0.3) is 0 Å². The number of aryl methyl sites for hydroxylation is 2. The molecule has 3 N–H and O–H groups in total. The van der Waals surface area contributed by atoms with Gasteiger partial charge in [0.1, 0.15) is 18.5 Å². The summed E-state index contributed by atoms with van der Waals surface area (Å²) in [6, 6.07) is 3.20. The molecule has 1 aliphatic heterocycles. The second-order valence-corrected chi connectivity index (χ2v) is 10.6. The van der Waals surface area contributed by atoms with Gasteiger partial charge in [0.2, 0.25) is 5.91 Å². The average molecular weight is 513 g/mol. The molecule has 204 valence electrons. The van der Waals surface area contributed by atoms with Crippen LogP contribution < -0.4 is 10.6 Å². The summed E-state index contributed by atoms with van der Waals surface area (Å²) in [7, 11) is 0. The average Bonchev–Trinajstić information content (AvgIpc) is 2.79. The van der Waals surface area contributed by atoms with Crippen molar-refractivity contribution in [1.82, 2.24) is 15.2 Å². The predicted octanol–water partition coefficient (Wildman–Crippen LogP) is 3.74. The maximum absolute atomic E-state index is 12.4. The molecule has 1 aromatic rings. The van der Waals surface area contributed by atoms with Crippen molar-refractivity contribution >= 4 is 17.7 Å². The van der Waals surface area contributed by atoms with Gasteiger partial charge in [-0.3, -0.25) is 4.79 Å². The Morgan fingerprint density at radius 1 is 1.22 bits per heavy atom. The Kier molecular flexibility index (Phi) is 12.5. The number of amides is 1. The van der Waals surface area contributed by atoms with Crippen molar-refractivity contribution in [3.63, 3.8) is 0 Å². The van der Waals surface area contributed by atoms with E-state index in [4.69, 9.17) is 9.72 Å². The maximum Gasteiger partial charge on any atom is 0.326 e. The molecule has 0 bridgehead atoms. The fourth-order valence-electron chi connectivity index (χ4n) is 4.15.